The smallest absolute Gasteiger partial charge is 0.0575 e. The third kappa shape index (κ3) is 3.46. The second kappa shape index (κ2) is 5.86. The second-order valence-electron chi connectivity index (χ2n) is 5.31. The van der Waals surface area contributed by atoms with E-state index in [1.54, 1.807) is 0 Å². The average Bonchev–Trinajstić information content (AvgIpc) is 2.80. The lowest BCUT2D eigenvalue weighted by Gasteiger charge is -2.28. The van der Waals surface area contributed by atoms with Crippen molar-refractivity contribution < 1.29 is 9.84 Å². The minimum Gasteiger partial charge on any atom is -0.396 e. The van der Waals surface area contributed by atoms with Gasteiger partial charge in [-0.05, 0) is 50.4 Å². The fraction of sp³-hybridized carbons (Fsp3) is 1.00. The molecule has 2 aliphatic carbocycles. The summed E-state index contributed by atoms with van der Waals surface area (Å²) < 4.78 is 5.95. The van der Waals surface area contributed by atoms with Crippen LogP contribution in [0.2, 0.25) is 0 Å². The topological polar surface area (TPSA) is 29.5 Å². The first kappa shape index (κ1) is 11.4. The van der Waals surface area contributed by atoms with Crippen LogP contribution in [0, 0.1) is 11.8 Å². The van der Waals surface area contributed by atoms with E-state index in [1.165, 1.54) is 51.4 Å². The number of aliphatic hydroxyl groups is 1. The molecule has 0 bridgehead atoms. The Bertz CT molecular complexity index is 167. The molecule has 1 N–H and O–H groups in total. The van der Waals surface area contributed by atoms with Crippen LogP contribution >= 0.6 is 0 Å². The molecule has 2 fully saturated rings. The minimum atomic E-state index is 0.385. The Morgan fingerprint density at radius 3 is 2.07 bits per heavy atom. The highest BCUT2D eigenvalue weighted by Crippen LogP contribution is 2.30. The molecule has 2 rings (SSSR count). The third-order valence-electron chi connectivity index (χ3n) is 4.09. The number of aliphatic hydroxyl groups excluding tert-OH is 1. The summed E-state index contributed by atoms with van der Waals surface area (Å²) in [5.74, 6) is 1.35. The van der Waals surface area contributed by atoms with Crippen LogP contribution in [0.1, 0.15) is 51.4 Å². The van der Waals surface area contributed by atoms with Gasteiger partial charge in [-0.25, -0.2) is 0 Å². The van der Waals surface area contributed by atoms with Crippen LogP contribution in [0.3, 0.4) is 0 Å². The molecule has 0 amide bonds. The molecule has 0 spiro atoms. The van der Waals surface area contributed by atoms with Crippen molar-refractivity contribution in [3.05, 3.63) is 0 Å². The van der Waals surface area contributed by atoms with Crippen molar-refractivity contribution >= 4 is 0 Å². The Balaban J connectivity index is 1.59. The van der Waals surface area contributed by atoms with Crippen LogP contribution in [0.25, 0.3) is 0 Å². The Hall–Kier alpha value is -0.0800. The summed E-state index contributed by atoms with van der Waals surface area (Å²) in [6, 6.07) is 0. The summed E-state index contributed by atoms with van der Waals surface area (Å²) in [7, 11) is 0. The lowest BCUT2D eigenvalue weighted by Crippen LogP contribution is -2.22. The van der Waals surface area contributed by atoms with Crippen molar-refractivity contribution in [3.8, 4) is 0 Å². The van der Waals surface area contributed by atoms with Gasteiger partial charge in [0.15, 0.2) is 0 Å². The number of ether oxygens (including phenoxy) is 1. The summed E-state index contributed by atoms with van der Waals surface area (Å²) >= 11 is 0. The summed E-state index contributed by atoms with van der Waals surface area (Å²) in [5.41, 5.74) is 0. The molecule has 0 unspecified atom stereocenters. The monoisotopic (exact) mass is 212 g/mol. The van der Waals surface area contributed by atoms with Gasteiger partial charge in [0.05, 0.1) is 6.10 Å². The van der Waals surface area contributed by atoms with E-state index in [9.17, 15) is 0 Å². The van der Waals surface area contributed by atoms with E-state index in [2.05, 4.69) is 0 Å². The van der Waals surface area contributed by atoms with Gasteiger partial charge >= 0.3 is 0 Å². The van der Waals surface area contributed by atoms with Gasteiger partial charge in [-0.3, -0.25) is 0 Å². The standard InChI is InChI=1S/C13H24O2/c14-9-11-5-7-12(8-6-11)10-15-13-3-1-2-4-13/h11-14H,1-10H2. The Labute approximate surface area is 93.0 Å². The molecule has 0 radical (unpaired) electrons. The largest absolute Gasteiger partial charge is 0.396 e. The van der Waals surface area contributed by atoms with Gasteiger partial charge < -0.3 is 9.84 Å². The van der Waals surface area contributed by atoms with E-state index in [1.807, 2.05) is 0 Å². The number of hydrogen-bond donors (Lipinski definition) is 1. The van der Waals surface area contributed by atoms with Crippen LogP contribution in [0.5, 0.6) is 0 Å². The lowest BCUT2D eigenvalue weighted by atomic mass is 9.83. The predicted molar refractivity (Wildman–Crippen MR) is 60.7 cm³/mol. The van der Waals surface area contributed by atoms with E-state index in [4.69, 9.17) is 9.84 Å². The molecule has 0 aromatic rings. The maximum atomic E-state index is 9.05. The van der Waals surface area contributed by atoms with Crippen molar-refractivity contribution in [2.24, 2.45) is 11.8 Å². The van der Waals surface area contributed by atoms with E-state index < -0.39 is 0 Å². The van der Waals surface area contributed by atoms with Crippen molar-refractivity contribution in [3.63, 3.8) is 0 Å². The van der Waals surface area contributed by atoms with Crippen LogP contribution in [0.15, 0.2) is 0 Å². The summed E-state index contributed by atoms with van der Waals surface area (Å²) in [5, 5.41) is 9.05. The van der Waals surface area contributed by atoms with Crippen LogP contribution < -0.4 is 0 Å². The SMILES string of the molecule is OCC1CCC(COC2CCCC2)CC1. The third-order valence-corrected chi connectivity index (χ3v) is 4.09. The van der Waals surface area contributed by atoms with E-state index >= 15 is 0 Å². The Morgan fingerprint density at radius 1 is 0.867 bits per heavy atom. The highest BCUT2D eigenvalue weighted by molar-refractivity contribution is 4.73. The first-order chi connectivity index (χ1) is 7.38. The molecule has 0 aliphatic heterocycles. The molecule has 2 nitrogen and oxygen atoms in total. The van der Waals surface area contributed by atoms with Gasteiger partial charge in [0.25, 0.3) is 0 Å². The normalized spacial score (nSPS) is 33.4. The molecule has 2 saturated carbocycles. The maximum Gasteiger partial charge on any atom is 0.0575 e. The first-order valence-electron chi connectivity index (χ1n) is 6.61. The number of hydrogen-bond acceptors (Lipinski definition) is 2. The molecular formula is C13H24O2. The van der Waals surface area contributed by atoms with E-state index in [-0.39, 0.29) is 0 Å². The predicted octanol–water partition coefficient (Wildman–Crippen LogP) is 2.74. The van der Waals surface area contributed by atoms with Crippen molar-refractivity contribution in [1.82, 2.24) is 0 Å². The van der Waals surface area contributed by atoms with Gasteiger partial charge in [-0.2, -0.15) is 0 Å². The average molecular weight is 212 g/mol. The summed E-state index contributed by atoms with van der Waals surface area (Å²) in [6.07, 6.45) is 10.8. The highest BCUT2D eigenvalue weighted by atomic mass is 16.5. The Morgan fingerprint density at radius 2 is 1.47 bits per heavy atom. The molecular weight excluding hydrogens is 188 g/mol. The molecule has 15 heavy (non-hydrogen) atoms. The van der Waals surface area contributed by atoms with Gasteiger partial charge in [0, 0.05) is 13.2 Å². The summed E-state index contributed by atoms with van der Waals surface area (Å²) in [6.45, 7) is 1.36. The van der Waals surface area contributed by atoms with Gasteiger partial charge in [0.2, 0.25) is 0 Å². The van der Waals surface area contributed by atoms with Crippen molar-refractivity contribution in [2.75, 3.05) is 13.2 Å². The quantitative estimate of drug-likeness (QED) is 0.776. The molecule has 0 heterocycles. The fourth-order valence-electron chi connectivity index (χ4n) is 2.91. The molecule has 2 aliphatic rings. The fourth-order valence-corrected chi connectivity index (χ4v) is 2.91. The number of rotatable bonds is 4. The van der Waals surface area contributed by atoms with Crippen LogP contribution in [-0.2, 0) is 4.74 Å². The minimum absolute atomic E-state index is 0.385. The van der Waals surface area contributed by atoms with E-state index in [0.29, 0.717) is 18.6 Å². The molecule has 0 atom stereocenters. The lowest BCUT2D eigenvalue weighted by molar-refractivity contribution is 0.0180. The zero-order valence-electron chi connectivity index (χ0n) is 9.66. The Kier molecular flexibility index (Phi) is 4.45. The molecule has 88 valence electrons. The zero-order chi connectivity index (χ0) is 10.5. The van der Waals surface area contributed by atoms with Crippen LogP contribution in [0.4, 0.5) is 0 Å². The molecule has 0 saturated heterocycles. The van der Waals surface area contributed by atoms with Gasteiger partial charge in [-0.15, -0.1) is 0 Å². The highest BCUT2D eigenvalue weighted by Gasteiger charge is 2.22. The van der Waals surface area contributed by atoms with Gasteiger partial charge in [0.1, 0.15) is 0 Å². The maximum absolute atomic E-state index is 9.05. The molecule has 2 heteroatoms. The second-order valence-corrected chi connectivity index (χ2v) is 5.31. The molecule has 0 aromatic heterocycles. The summed E-state index contributed by atoms with van der Waals surface area (Å²) in [4.78, 5) is 0. The zero-order valence-corrected chi connectivity index (χ0v) is 9.66. The van der Waals surface area contributed by atoms with Crippen LogP contribution in [-0.4, -0.2) is 24.4 Å². The van der Waals surface area contributed by atoms with Gasteiger partial charge in [-0.1, -0.05) is 12.8 Å². The molecule has 0 aromatic carbocycles. The van der Waals surface area contributed by atoms with E-state index in [0.717, 1.165) is 12.5 Å². The van der Waals surface area contributed by atoms with Crippen molar-refractivity contribution in [2.45, 2.75) is 57.5 Å². The van der Waals surface area contributed by atoms with Crippen molar-refractivity contribution in [1.29, 1.82) is 0 Å². The first-order valence-corrected chi connectivity index (χ1v) is 6.61.